The maximum Gasteiger partial charge on any atom is 0.251 e. The van der Waals surface area contributed by atoms with Crippen LogP contribution in [0.3, 0.4) is 0 Å². The van der Waals surface area contributed by atoms with Crippen molar-refractivity contribution in [2.75, 3.05) is 17.6 Å². The van der Waals surface area contributed by atoms with E-state index in [4.69, 9.17) is 5.73 Å². The Labute approximate surface area is 205 Å². The van der Waals surface area contributed by atoms with Gasteiger partial charge in [-0.2, -0.15) is 0 Å². The second kappa shape index (κ2) is 11.1. The van der Waals surface area contributed by atoms with Gasteiger partial charge in [-0.1, -0.05) is 66.4 Å². The molecule has 0 aliphatic rings. The number of hydrogen-bond donors (Lipinski definition) is 3. The van der Waals surface area contributed by atoms with E-state index in [9.17, 15) is 14.4 Å². The normalized spacial score (nSPS) is 10.5. The number of amides is 3. The average molecular weight is 487 g/mol. The van der Waals surface area contributed by atoms with Crippen molar-refractivity contribution < 1.29 is 14.4 Å². The Hall–Kier alpha value is -4.44. The quantitative estimate of drug-likeness (QED) is 0.312. The zero-order valence-electron chi connectivity index (χ0n) is 18.5. The van der Waals surface area contributed by atoms with Gasteiger partial charge in [-0.3, -0.25) is 19.0 Å². The lowest BCUT2D eigenvalue weighted by Gasteiger charge is -2.11. The molecule has 0 aliphatic heterocycles. The fourth-order valence-electron chi connectivity index (χ4n) is 3.28. The third-order valence-corrected chi connectivity index (χ3v) is 5.77. The Morgan fingerprint density at radius 1 is 0.886 bits per heavy atom. The standard InChI is InChI=1S/C25H22N6O3S/c26-21(32)15-27-24(34)18-10-7-11-19(14-18)28-22(33)16-35-25-30-29-23(17-8-3-1-4-9-17)31(25)20-12-5-2-6-13-20/h1-14H,15-16H2,(H2,26,32)(H,27,34)(H,28,33). The molecule has 0 unspecified atom stereocenters. The number of rotatable bonds is 9. The van der Waals surface area contributed by atoms with Crippen LogP contribution in [0.15, 0.2) is 90.1 Å². The Morgan fingerprint density at radius 3 is 2.31 bits per heavy atom. The van der Waals surface area contributed by atoms with Crippen LogP contribution < -0.4 is 16.4 Å². The van der Waals surface area contributed by atoms with Gasteiger partial charge in [0.1, 0.15) is 0 Å². The molecular formula is C25H22N6O3S. The molecule has 10 heteroatoms. The highest BCUT2D eigenvalue weighted by atomic mass is 32.2. The number of anilines is 1. The lowest BCUT2D eigenvalue weighted by atomic mass is 10.2. The molecule has 9 nitrogen and oxygen atoms in total. The summed E-state index contributed by atoms with van der Waals surface area (Å²) in [7, 11) is 0. The van der Waals surface area contributed by atoms with Crippen molar-refractivity contribution in [3.63, 3.8) is 0 Å². The van der Waals surface area contributed by atoms with Gasteiger partial charge in [0.25, 0.3) is 5.91 Å². The minimum Gasteiger partial charge on any atom is -0.368 e. The first-order chi connectivity index (χ1) is 17.0. The molecule has 176 valence electrons. The molecule has 0 fully saturated rings. The van der Waals surface area contributed by atoms with Crippen molar-refractivity contribution in [1.82, 2.24) is 20.1 Å². The lowest BCUT2D eigenvalue weighted by molar-refractivity contribution is -0.117. The number of aromatic nitrogens is 3. The van der Waals surface area contributed by atoms with E-state index in [2.05, 4.69) is 20.8 Å². The largest absolute Gasteiger partial charge is 0.368 e. The summed E-state index contributed by atoms with van der Waals surface area (Å²) in [5, 5.41) is 14.5. The summed E-state index contributed by atoms with van der Waals surface area (Å²) >= 11 is 1.25. The molecule has 1 aromatic heterocycles. The van der Waals surface area contributed by atoms with Crippen LogP contribution in [0.1, 0.15) is 10.4 Å². The molecule has 0 aliphatic carbocycles. The molecule has 4 rings (SSSR count). The van der Waals surface area contributed by atoms with Gasteiger partial charge in [0.15, 0.2) is 11.0 Å². The van der Waals surface area contributed by atoms with Crippen molar-refractivity contribution in [2.45, 2.75) is 5.16 Å². The summed E-state index contributed by atoms with van der Waals surface area (Å²) in [6.07, 6.45) is 0. The maximum absolute atomic E-state index is 12.7. The molecule has 4 N–H and O–H groups in total. The lowest BCUT2D eigenvalue weighted by Crippen LogP contribution is -2.33. The Kier molecular flexibility index (Phi) is 7.53. The van der Waals surface area contributed by atoms with Gasteiger partial charge in [-0.05, 0) is 30.3 Å². The van der Waals surface area contributed by atoms with Crippen LogP contribution in [0.2, 0.25) is 0 Å². The molecule has 3 aromatic carbocycles. The number of thioether (sulfide) groups is 1. The fourth-order valence-corrected chi connectivity index (χ4v) is 4.03. The molecule has 35 heavy (non-hydrogen) atoms. The highest BCUT2D eigenvalue weighted by Crippen LogP contribution is 2.28. The number of nitrogens with two attached hydrogens (primary N) is 1. The van der Waals surface area contributed by atoms with Crippen LogP contribution in [0, 0.1) is 0 Å². The van der Waals surface area contributed by atoms with E-state index in [1.165, 1.54) is 17.8 Å². The van der Waals surface area contributed by atoms with Gasteiger partial charge in [-0.15, -0.1) is 10.2 Å². The molecule has 1 heterocycles. The van der Waals surface area contributed by atoms with E-state index >= 15 is 0 Å². The number of primary amides is 1. The van der Waals surface area contributed by atoms with Crippen LogP contribution in [-0.4, -0.2) is 44.8 Å². The number of carbonyl (C=O) groups excluding carboxylic acids is 3. The van der Waals surface area contributed by atoms with E-state index in [1.54, 1.807) is 18.2 Å². The molecule has 4 aromatic rings. The third kappa shape index (κ3) is 6.12. The summed E-state index contributed by atoms with van der Waals surface area (Å²) in [5.74, 6) is -0.613. The summed E-state index contributed by atoms with van der Waals surface area (Å²) in [4.78, 5) is 35.7. The number of hydrogen-bond acceptors (Lipinski definition) is 6. The molecule has 3 amide bonds. The number of benzene rings is 3. The highest BCUT2D eigenvalue weighted by molar-refractivity contribution is 7.99. The first-order valence-electron chi connectivity index (χ1n) is 10.7. The van der Waals surface area contributed by atoms with Crippen molar-refractivity contribution in [2.24, 2.45) is 5.73 Å². The van der Waals surface area contributed by atoms with Gasteiger partial charge in [0.05, 0.1) is 12.3 Å². The molecule has 0 saturated carbocycles. The van der Waals surface area contributed by atoms with Crippen molar-refractivity contribution in [1.29, 1.82) is 0 Å². The van der Waals surface area contributed by atoms with Crippen molar-refractivity contribution in [3.05, 3.63) is 90.5 Å². The molecular weight excluding hydrogens is 464 g/mol. The van der Waals surface area contributed by atoms with E-state index in [0.29, 0.717) is 22.2 Å². The van der Waals surface area contributed by atoms with Gasteiger partial charge < -0.3 is 16.4 Å². The Balaban J connectivity index is 1.47. The first kappa shape index (κ1) is 23.7. The minimum atomic E-state index is -0.640. The van der Waals surface area contributed by atoms with E-state index < -0.39 is 11.8 Å². The minimum absolute atomic E-state index is 0.0812. The summed E-state index contributed by atoms with van der Waals surface area (Å²) in [5.41, 5.74) is 7.60. The summed E-state index contributed by atoms with van der Waals surface area (Å²) in [6.45, 7) is -0.265. The van der Waals surface area contributed by atoms with Crippen LogP contribution in [0.4, 0.5) is 5.69 Å². The van der Waals surface area contributed by atoms with Gasteiger partial charge in [0.2, 0.25) is 11.8 Å². The smallest absolute Gasteiger partial charge is 0.251 e. The van der Waals surface area contributed by atoms with E-state index in [1.807, 2.05) is 65.2 Å². The van der Waals surface area contributed by atoms with Crippen LogP contribution in [0.25, 0.3) is 17.1 Å². The predicted octanol–water partition coefficient (Wildman–Crippen LogP) is 2.88. The van der Waals surface area contributed by atoms with Crippen LogP contribution in [-0.2, 0) is 9.59 Å². The topological polar surface area (TPSA) is 132 Å². The molecule has 0 saturated heterocycles. The number of para-hydroxylation sites is 1. The first-order valence-corrected chi connectivity index (χ1v) is 11.7. The molecule has 0 spiro atoms. The average Bonchev–Trinajstić information content (AvgIpc) is 3.31. The number of carbonyl (C=O) groups is 3. The molecule has 0 bridgehead atoms. The second-order valence-corrected chi connectivity index (χ2v) is 8.35. The van der Waals surface area contributed by atoms with E-state index in [-0.39, 0.29) is 18.2 Å². The fraction of sp³-hybridized carbons (Fsp3) is 0.0800. The maximum atomic E-state index is 12.7. The second-order valence-electron chi connectivity index (χ2n) is 7.41. The monoisotopic (exact) mass is 486 g/mol. The van der Waals surface area contributed by atoms with Crippen LogP contribution in [0.5, 0.6) is 0 Å². The number of nitrogens with zero attached hydrogens (tertiary/aromatic N) is 3. The van der Waals surface area contributed by atoms with E-state index in [0.717, 1.165) is 11.3 Å². The van der Waals surface area contributed by atoms with Crippen molar-refractivity contribution in [3.8, 4) is 17.1 Å². The zero-order valence-corrected chi connectivity index (χ0v) is 19.4. The molecule has 0 radical (unpaired) electrons. The SMILES string of the molecule is NC(=O)CNC(=O)c1cccc(NC(=O)CSc2nnc(-c3ccccc3)n2-c2ccccc2)c1. The van der Waals surface area contributed by atoms with Crippen molar-refractivity contribution >= 4 is 35.2 Å². The van der Waals surface area contributed by atoms with Gasteiger partial charge >= 0.3 is 0 Å². The Morgan fingerprint density at radius 2 is 1.60 bits per heavy atom. The Bertz CT molecular complexity index is 1340. The molecule has 0 atom stereocenters. The van der Waals surface area contributed by atoms with Gasteiger partial charge in [0, 0.05) is 22.5 Å². The predicted molar refractivity (Wildman–Crippen MR) is 134 cm³/mol. The summed E-state index contributed by atoms with van der Waals surface area (Å²) < 4.78 is 1.91. The van der Waals surface area contributed by atoms with Gasteiger partial charge in [-0.25, -0.2) is 0 Å². The highest BCUT2D eigenvalue weighted by Gasteiger charge is 2.17. The summed E-state index contributed by atoms with van der Waals surface area (Å²) in [6, 6.07) is 25.8. The number of nitrogens with one attached hydrogen (secondary N) is 2. The zero-order chi connectivity index (χ0) is 24.6. The third-order valence-electron chi connectivity index (χ3n) is 4.84. The van der Waals surface area contributed by atoms with Crippen LogP contribution >= 0.6 is 11.8 Å².